The van der Waals surface area contributed by atoms with Crippen molar-refractivity contribution in [2.45, 2.75) is 62.8 Å². The predicted octanol–water partition coefficient (Wildman–Crippen LogP) is 3.32. The highest BCUT2D eigenvalue weighted by atomic mass is 32.2. The number of benzene rings is 1. The molecule has 1 amide bonds. The molecule has 1 saturated heterocycles. The van der Waals surface area contributed by atoms with Crippen LogP contribution in [0.15, 0.2) is 23.1 Å². The summed E-state index contributed by atoms with van der Waals surface area (Å²) in [7, 11) is -0.214. The molecule has 1 N–H and O–H groups in total. The van der Waals surface area contributed by atoms with Gasteiger partial charge < -0.3 is 10.1 Å². The Kier molecular flexibility index (Phi) is 7.76. The lowest BCUT2D eigenvalue weighted by Gasteiger charge is -2.33. The van der Waals surface area contributed by atoms with Crippen LogP contribution >= 0.6 is 0 Å². The topological polar surface area (TPSA) is 79.0 Å². The zero-order valence-electron chi connectivity index (χ0n) is 18.4. The minimum absolute atomic E-state index is 0.110. The Morgan fingerprint density at radius 3 is 2.47 bits per heavy atom. The molecule has 1 aromatic carbocycles. The highest BCUT2D eigenvalue weighted by Crippen LogP contribution is 2.31. The van der Waals surface area contributed by atoms with Gasteiger partial charge in [-0.2, -0.15) is 4.31 Å². The molecule has 1 aliphatic carbocycles. The number of ether oxygens (including phenoxy) is 1. The number of carbonyl (C=O) groups excluding carboxylic acids is 1. The van der Waals surface area contributed by atoms with Crippen molar-refractivity contribution < 1.29 is 17.9 Å². The van der Waals surface area contributed by atoms with Crippen molar-refractivity contribution in [1.29, 1.82) is 0 Å². The third-order valence-electron chi connectivity index (χ3n) is 6.38. The number of sulfonamides is 1. The van der Waals surface area contributed by atoms with Gasteiger partial charge in [0.15, 0.2) is 0 Å². The van der Waals surface area contributed by atoms with E-state index in [0.29, 0.717) is 37.1 Å². The van der Waals surface area contributed by atoms with Crippen LogP contribution < -0.4 is 10.1 Å². The molecule has 0 aromatic heterocycles. The maximum absolute atomic E-state index is 13.1. The van der Waals surface area contributed by atoms with Gasteiger partial charge in [0.1, 0.15) is 10.6 Å². The van der Waals surface area contributed by atoms with Crippen LogP contribution in [0.5, 0.6) is 5.75 Å². The summed E-state index contributed by atoms with van der Waals surface area (Å²) in [6, 6.07) is 5.24. The Morgan fingerprint density at radius 1 is 1.17 bits per heavy atom. The summed E-state index contributed by atoms with van der Waals surface area (Å²) in [5.74, 6) is 0.928. The highest BCUT2D eigenvalue weighted by molar-refractivity contribution is 7.89. The zero-order valence-corrected chi connectivity index (χ0v) is 19.2. The van der Waals surface area contributed by atoms with Crippen molar-refractivity contribution in [3.05, 3.63) is 18.2 Å². The zero-order chi connectivity index (χ0) is 21.7. The van der Waals surface area contributed by atoms with Gasteiger partial charge in [-0.1, -0.05) is 13.3 Å². The fourth-order valence-corrected chi connectivity index (χ4v) is 6.14. The predicted molar refractivity (Wildman–Crippen MR) is 118 cm³/mol. The second kappa shape index (κ2) is 10.1. The Bertz CT molecular complexity index is 829. The second-order valence-electron chi connectivity index (χ2n) is 8.71. The molecule has 1 aromatic rings. The summed E-state index contributed by atoms with van der Waals surface area (Å²) in [4.78, 5) is 14.8. The lowest BCUT2D eigenvalue weighted by Crippen LogP contribution is -2.40. The van der Waals surface area contributed by atoms with E-state index in [2.05, 4.69) is 17.1 Å². The van der Waals surface area contributed by atoms with Gasteiger partial charge in [0, 0.05) is 24.8 Å². The third kappa shape index (κ3) is 5.53. The summed E-state index contributed by atoms with van der Waals surface area (Å²) in [5.41, 5.74) is 0.474. The number of hydrogen-bond acceptors (Lipinski definition) is 5. The molecule has 1 aliphatic heterocycles. The molecule has 30 heavy (non-hydrogen) atoms. The molecule has 2 aliphatic rings. The Morgan fingerprint density at radius 2 is 1.83 bits per heavy atom. The molecular formula is C22H35N3O4S. The van der Waals surface area contributed by atoms with E-state index < -0.39 is 10.0 Å². The number of likely N-dealkylation sites (N-methyl/N-ethyl adjacent to an activating group) is 1. The molecule has 0 spiro atoms. The number of methoxy groups -OCH3 is 1. The van der Waals surface area contributed by atoms with Crippen LogP contribution in [0.4, 0.5) is 5.69 Å². The minimum Gasteiger partial charge on any atom is -0.495 e. The first-order chi connectivity index (χ1) is 14.3. The van der Waals surface area contributed by atoms with Gasteiger partial charge in [-0.25, -0.2) is 8.42 Å². The summed E-state index contributed by atoms with van der Waals surface area (Å²) in [5, 5.41) is 2.87. The molecule has 0 radical (unpaired) electrons. The average molecular weight is 438 g/mol. The van der Waals surface area contributed by atoms with E-state index in [1.54, 1.807) is 12.1 Å². The monoisotopic (exact) mass is 437 g/mol. The molecule has 8 heteroatoms. The number of nitrogens with zero attached hydrogens (tertiary/aromatic N) is 2. The van der Waals surface area contributed by atoms with E-state index in [1.807, 2.05) is 7.05 Å². The van der Waals surface area contributed by atoms with Crippen LogP contribution in [-0.2, 0) is 14.8 Å². The quantitative estimate of drug-likeness (QED) is 0.708. The second-order valence-corrected chi connectivity index (χ2v) is 10.6. The molecule has 0 bridgehead atoms. The van der Waals surface area contributed by atoms with E-state index in [9.17, 15) is 13.2 Å². The van der Waals surface area contributed by atoms with Gasteiger partial charge in [0.2, 0.25) is 15.9 Å². The van der Waals surface area contributed by atoms with Crippen LogP contribution in [-0.4, -0.2) is 63.4 Å². The van der Waals surface area contributed by atoms with E-state index in [-0.39, 0.29) is 10.8 Å². The standard InChI is InChI=1S/C22H35N3O4S/c1-17-7-10-19(11-8-17)24(2)16-22(26)23-18-9-12-20(29-3)21(15-18)30(27,28)25-13-5-4-6-14-25/h9,12,15,17,19H,4-8,10-11,13-14,16H2,1-3H3,(H,23,26). The maximum atomic E-state index is 13.1. The number of nitrogens with one attached hydrogen (secondary N) is 1. The van der Waals surface area contributed by atoms with Gasteiger partial charge >= 0.3 is 0 Å². The molecule has 0 atom stereocenters. The van der Waals surface area contributed by atoms with Crippen molar-refractivity contribution in [3.63, 3.8) is 0 Å². The summed E-state index contributed by atoms with van der Waals surface area (Å²) >= 11 is 0. The van der Waals surface area contributed by atoms with Gasteiger partial charge in [-0.15, -0.1) is 0 Å². The summed E-state index contributed by atoms with van der Waals surface area (Å²) < 4.78 is 33.1. The van der Waals surface area contributed by atoms with Gasteiger partial charge in [0.05, 0.1) is 13.7 Å². The lowest BCUT2D eigenvalue weighted by molar-refractivity contribution is -0.117. The van der Waals surface area contributed by atoms with Crippen LogP contribution in [0.3, 0.4) is 0 Å². The molecule has 3 rings (SSSR count). The van der Waals surface area contributed by atoms with E-state index >= 15 is 0 Å². The van der Waals surface area contributed by atoms with Crippen molar-refractivity contribution in [3.8, 4) is 5.75 Å². The molecular weight excluding hydrogens is 402 g/mol. The first-order valence-corrected chi connectivity index (χ1v) is 12.4. The average Bonchev–Trinajstić information content (AvgIpc) is 2.74. The lowest BCUT2D eigenvalue weighted by atomic mass is 9.87. The number of amides is 1. The molecule has 1 saturated carbocycles. The highest BCUT2D eigenvalue weighted by Gasteiger charge is 2.29. The fourth-order valence-electron chi connectivity index (χ4n) is 4.44. The number of anilines is 1. The molecule has 0 unspecified atom stereocenters. The van der Waals surface area contributed by atoms with E-state index in [1.165, 1.54) is 30.3 Å². The van der Waals surface area contributed by atoms with Gasteiger partial charge in [-0.05, 0) is 69.7 Å². The van der Waals surface area contributed by atoms with Crippen molar-refractivity contribution >= 4 is 21.6 Å². The number of hydrogen-bond donors (Lipinski definition) is 1. The van der Waals surface area contributed by atoms with E-state index in [0.717, 1.165) is 38.0 Å². The summed E-state index contributed by atoms with van der Waals surface area (Å²) in [6.45, 7) is 3.61. The smallest absolute Gasteiger partial charge is 0.246 e. The van der Waals surface area contributed by atoms with Crippen LogP contribution in [0.1, 0.15) is 51.9 Å². The molecule has 7 nitrogen and oxygen atoms in total. The SMILES string of the molecule is COc1ccc(NC(=O)CN(C)C2CCC(C)CC2)cc1S(=O)(=O)N1CCCCC1. The van der Waals surface area contributed by atoms with Crippen LogP contribution in [0, 0.1) is 5.92 Å². The Labute approximate surface area is 180 Å². The van der Waals surface area contributed by atoms with Gasteiger partial charge in [-0.3, -0.25) is 9.69 Å². The number of carbonyl (C=O) groups is 1. The largest absolute Gasteiger partial charge is 0.495 e. The maximum Gasteiger partial charge on any atom is 0.246 e. The molecule has 168 valence electrons. The van der Waals surface area contributed by atoms with Crippen LogP contribution in [0.2, 0.25) is 0 Å². The first kappa shape index (κ1) is 23.0. The Hall–Kier alpha value is -1.64. The van der Waals surface area contributed by atoms with Gasteiger partial charge in [0.25, 0.3) is 0 Å². The van der Waals surface area contributed by atoms with Crippen molar-refractivity contribution in [1.82, 2.24) is 9.21 Å². The fraction of sp³-hybridized carbons (Fsp3) is 0.682. The number of rotatable bonds is 7. The minimum atomic E-state index is -3.66. The Balaban J connectivity index is 1.69. The summed E-state index contributed by atoms with van der Waals surface area (Å²) in [6.07, 6.45) is 7.41. The molecule has 2 fully saturated rings. The van der Waals surface area contributed by atoms with Crippen LogP contribution in [0.25, 0.3) is 0 Å². The van der Waals surface area contributed by atoms with Crippen molar-refractivity contribution in [2.75, 3.05) is 39.1 Å². The van der Waals surface area contributed by atoms with E-state index in [4.69, 9.17) is 4.74 Å². The number of piperidine rings is 1. The molecule has 1 heterocycles. The van der Waals surface area contributed by atoms with Crippen molar-refractivity contribution in [2.24, 2.45) is 5.92 Å². The first-order valence-electron chi connectivity index (χ1n) is 11.0. The normalized spacial score (nSPS) is 23.3. The third-order valence-corrected chi connectivity index (χ3v) is 8.30.